The van der Waals surface area contributed by atoms with Gasteiger partial charge in [0.1, 0.15) is 0 Å². The fourth-order valence-electron chi connectivity index (χ4n) is 5.97. The third kappa shape index (κ3) is 2.91. The molecule has 3 aliphatic carbocycles. The molecule has 3 aliphatic rings. The quantitative estimate of drug-likeness (QED) is 0.852. The fraction of sp³-hybridized carbons (Fsp3) is 0.682. The molecule has 1 amide bonds. The molecule has 5 atom stereocenters. The van der Waals surface area contributed by atoms with Gasteiger partial charge in [0, 0.05) is 14.1 Å². The molecule has 0 aromatic heterocycles. The maximum atomic E-state index is 12.0. The van der Waals surface area contributed by atoms with Gasteiger partial charge < -0.3 is 19.5 Å². The van der Waals surface area contributed by atoms with Gasteiger partial charge in [0.2, 0.25) is 0 Å². The lowest BCUT2D eigenvalue weighted by Gasteiger charge is -2.50. The molecule has 148 valence electrons. The number of rotatable bonds is 2. The number of carbonyl (C=O) groups is 1. The third-order valence-corrected chi connectivity index (χ3v) is 7.52. The van der Waals surface area contributed by atoms with E-state index in [-0.39, 0.29) is 11.5 Å². The van der Waals surface area contributed by atoms with Gasteiger partial charge in [-0.25, -0.2) is 4.79 Å². The van der Waals surface area contributed by atoms with Crippen LogP contribution < -0.4 is 9.47 Å². The number of carbonyl (C=O) groups excluding carboxylic acids is 1. The molecule has 2 saturated carbocycles. The molecule has 27 heavy (non-hydrogen) atoms. The average molecular weight is 373 g/mol. The Bertz CT molecular complexity index is 746. The van der Waals surface area contributed by atoms with Gasteiger partial charge in [-0.1, -0.05) is 6.92 Å². The van der Waals surface area contributed by atoms with Crippen LogP contribution in [0.15, 0.2) is 12.1 Å². The van der Waals surface area contributed by atoms with Crippen molar-refractivity contribution in [2.45, 2.75) is 57.5 Å². The third-order valence-electron chi connectivity index (χ3n) is 7.52. The smallest absolute Gasteiger partial charge is 0.414 e. The molecule has 0 spiro atoms. The summed E-state index contributed by atoms with van der Waals surface area (Å²) in [5, 5.41) is 10.5. The van der Waals surface area contributed by atoms with E-state index in [1.165, 1.54) is 16.0 Å². The van der Waals surface area contributed by atoms with E-state index in [1.54, 1.807) is 21.2 Å². The average Bonchev–Trinajstić information content (AvgIpc) is 2.95. The van der Waals surface area contributed by atoms with E-state index < -0.39 is 6.09 Å². The fourth-order valence-corrected chi connectivity index (χ4v) is 5.97. The van der Waals surface area contributed by atoms with Gasteiger partial charge in [0.05, 0.1) is 13.2 Å². The lowest BCUT2D eigenvalue weighted by molar-refractivity contribution is -0.0226. The summed E-state index contributed by atoms with van der Waals surface area (Å²) < 4.78 is 11.1. The summed E-state index contributed by atoms with van der Waals surface area (Å²) in [6, 6.07) is 4.10. The van der Waals surface area contributed by atoms with E-state index in [0.717, 1.165) is 38.5 Å². The van der Waals surface area contributed by atoms with Crippen molar-refractivity contribution in [3.8, 4) is 11.5 Å². The van der Waals surface area contributed by atoms with Gasteiger partial charge in [0.15, 0.2) is 11.5 Å². The molecule has 0 bridgehead atoms. The molecule has 0 aliphatic heterocycles. The zero-order valence-corrected chi connectivity index (χ0v) is 16.8. The molecule has 2 fully saturated rings. The van der Waals surface area contributed by atoms with Crippen molar-refractivity contribution in [1.29, 1.82) is 0 Å². The molecule has 5 nitrogen and oxygen atoms in total. The van der Waals surface area contributed by atoms with Gasteiger partial charge >= 0.3 is 6.09 Å². The summed E-state index contributed by atoms with van der Waals surface area (Å²) in [6.07, 6.45) is 5.89. The number of ether oxygens (including phenoxy) is 2. The van der Waals surface area contributed by atoms with Crippen molar-refractivity contribution in [2.75, 3.05) is 21.2 Å². The van der Waals surface area contributed by atoms with Crippen LogP contribution in [-0.4, -0.2) is 43.4 Å². The van der Waals surface area contributed by atoms with Crippen LogP contribution in [0.5, 0.6) is 11.5 Å². The molecule has 1 aromatic carbocycles. The summed E-state index contributed by atoms with van der Waals surface area (Å²) in [5.41, 5.74) is 2.72. The predicted octanol–water partition coefficient (Wildman–Crippen LogP) is 3.97. The number of aliphatic hydroxyl groups excluding tert-OH is 1. The molecule has 0 saturated heterocycles. The Morgan fingerprint density at radius 2 is 1.96 bits per heavy atom. The van der Waals surface area contributed by atoms with Crippen LogP contribution in [0.1, 0.15) is 56.1 Å². The Morgan fingerprint density at radius 3 is 2.67 bits per heavy atom. The first kappa shape index (κ1) is 18.6. The van der Waals surface area contributed by atoms with Crippen molar-refractivity contribution in [2.24, 2.45) is 17.3 Å². The number of aliphatic hydroxyl groups is 1. The predicted molar refractivity (Wildman–Crippen MR) is 103 cm³/mol. The van der Waals surface area contributed by atoms with Crippen LogP contribution in [0, 0.1) is 17.3 Å². The van der Waals surface area contributed by atoms with Gasteiger partial charge in [0.25, 0.3) is 0 Å². The van der Waals surface area contributed by atoms with Crippen molar-refractivity contribution in [3.05, 3.63) is 23.3 Å². The zero-order valence-electron chi connectivity index (χ0n) is 16.8. The Morgan fingerprint density at radius 1 is 1.19 bits per heavy atom. The monoisotopic (exact) mass is 373 g/mol. The molecule has 1 N–H and O–H groups in total. The topological polar surface area (TPSA) is 59.0 Å². The largest absolute Gasteiger partial charge is 0.493 e. The molecule has 4 rings (SSSR count). The molecular weight excluding hydrogens is 342 g/mol. The number of fused-ring (bicyclic) bond motifs is 5. The van der Waals surface area contributed by atoms with E-state index >= 15 is 0 Å². The van der Waals surface area contributed by atoms with Gasteiger partial charge in [-0.2, -0.15) is 0 Å². The van der Waals surface area contributed by atoms with E-state index in [9.17, 15) is 9.90 Å². The summed E-state index contributed by atoms with van der Waals surface area (Å²) >= 11 is 0. The molecule has 0 radical (unpaired) electrons. The minimum absolute atomic E-state index is 0.0872. The second kappa shape index (κ2) is 6.69. The van der Waals surface area contributed by atoms with Crippen LogP contribution in [0.25, 0.3) is 0 Å². The second-order valence-electron chi connectivity index (χ2n) is 9.02. The van der Waals surface area contributed by atoms with E-state index in [0.29, 0.717) is 29.3 Å². The molecule has 3 unspecified atom stereocenters. The van der Waals surface area contributed by atoms with Crippen LogP contribution in [-0.2, 0) is 6.42 Å². The summed E-state index contributed by atoms with van der Waals surface area (Å²) in [6.45, 7) is 2.30. The second-order valence-corrected chi connectivity index (χ2v) is 9.02. The molecular formula is C22H31NO4. The Kier molecular flexibility index (Phi) is 4.61. The van der Waals surface area contributed by atoms with Crippen LogP contribution in [0.4, 0.5) is 4.79 Å². The Hall–Kier alpha value is -1.75. The molecule has 5 heteroatoms. The van der Waals surface area contributed by atoms with E-state index in [4.69, 9.17) is 9.47 Å². The van der Waals surface area contributed by atoms with Crippen molar-refractivity contribution < 1.29 is 19.4 Å². The van der Waals surface area contributed by atoms with Gasteiger partial charge in [-0.05, 0) is 85.0 Å². The lowest BCUT2D eigenvalue weighted by Crippen LogP contribution is -2.43. The maximum absolute atomic E-state index is 12.0. The summed E-state index contributed by atoms with van der Waals surface area (Å²) in [4.78, 5) is 13.4. The zero-order chi connectivity index (χ0) is 19.3. The number of methoxy groups -OCH3 is 1. The summed E-state index contributed by atoms with van der Waals surface area (Å²) in [7, 11) is 4.97. The number of hydrogen-bond acceptors (Lipinski definition) is 4. The van der Waals surface area contributed by atoms with Crippen molar-refractivity contribution in [3.63, 3.8) is 0 Å². The molecule has 1 aromatic rings. The van der Waals surface area contributed by atoms with Crippen LogP contribution >= 0.6 is 0 Å². The Balaban J connectivity index is 1.66. The highest BCUT2D eigenvalue weighted by Gasteiger charge is 2.54. The summed E-state index contributed by atoms with van der Waals surface area (Å²) in [5.74, 6) is 2.89. The van der Waals surface area contributed by atoms with Crippen molar-refractivity contribution in [1.82, 2.24) is 4.90 Å². The van der Waals surface area contributed by atoms with Gasteiger partial charge in [-0.3, -0.25) is 0 Å². The highest BCUT2D eigenvalue weighted by molar-refractivity contribution is 5.71. The number of benzene rings is 1. The maximum Gasteiger partial charge on any atom is 0.414 e. The van der Waals surface area contributed by atoms with Gasteiger partial charge in [-0.15, -0.1) is 0 Å². The minimum atomic E-state index is -0.393. The van der Waals surface area contributed by atoms with Crippen molar-refractivity contribution >= 4 is 6.09 Å². The van der Waals surface area contributed by atoms with E-state index in [1.807, 2.05) is 6.07 Å². The normalized spacial score (nSPS) is 34.3. The number of hydrogen-bond donors (Lipinski definition) is 1. The number of nitrogens with zero attached hydrogens (tertiary/aromatic N) is 1. The highest BCUT2D eigenvalue weighted by Crippen LogP contribution is 2.61. The highest BCUT2D eigenvalue weighted by atomic mass is 16.6. The number of amides is 1. The number of aryl methyl sites for hydroxylation is 1. The lowest BCUT2D eigenvalue weighted by atomic mass is 9.55. The molecule has 0 heterocycles. The first-order valence-electron chi connectivity index (χ1n) is 10.1. The SMILES string of the molecule is COc1cc2c(cc1OC(=O)N(C)C)CCC1C2CC[C@@]2(C)C1CC[C@@H]2O. The first-order valence-corrected chi connectivity index (χ1v) is 10.1. The van der Waals surface area contributed by atoms with E-state index in [2.05, 4.69) is 13.0 Å². The standard InChI is InChI=1S/C22H31NO4/c1-22-10-9-14-15(17(22)7-8-20(22)24)6-5-13-11-19(27-21(25)23(2)3)18(26-4)12-16(13)14/h11-12,14-15,17,20,24H,5-10H2,1-4H3/t14?,15?,17?,20-,22-/m0/s1. The van der Waals surface area contributed by atoms with Crippen LogP contribution in [0.2, 0.25) is 0 Å². The van der Waals surface area contributed by atoms with Crippen LogP contribution in [0.3, 0.4) is 0 Å². The minimum Gasteiger partial charge on any atom is -0.493 e. The Labute approximate surface area is 161 Å². The first-order chi connectivity index (χ1) is 12.8.